The van der Waals surface area contributed by atoms with E-state index in [4.69, 9.17) is 4.74 Å². The minimum Gasteiger partial charge on any atom is -0.457 e. The fourth-order valence-corrected chi connectivity index (χ4v) is 2.77. The third kappa shape index (κ3) is 4.14. The predicted molar refractivity (Wildman–Crippen MR) is 106 cm³/mol. The fraction of sp³-hybridized carbons (Fsp3) is 0.0455. The van der Waals surface area contributed by atoms with Gasteiger partial charge in [0.25, 0.3) is 11.5 Å². The molecule has 2 heterocycles. The molecule has 144 valence electrons. The van der Waals surface area contributed by atoms with Gasteiger partial charge in [0.15, 0.2) is 0 Å². The number of halogens is 1. The topological polar surface area (TPSA) is 72.7 Å². The maximum atomic E-state index is 12.9. The smallest absolute Gasteiger partial charge is 0.270 e. The van der Waals surface area contributed by atoms with Gasteiger partial charge in [-0.1, -0.05) is 18.2 Å². The molecule has 0 aliphatic heterocycles. The second-order valence-corrected chi connectivity index (χ2v) is 6.29. The van der Waals surface area contributed by atoms with Crippen molar-refractivity contribution in [2.45, 2.75) is 6.54 Å². The minimum atomic E-state index is -0.493. The summed E-state index contributed by atoms with van der Waals surface area (Å²) < 4.78 is 19.9. The summed E-state index contributed by atoms with van der Waals surface area (Å²) in [5.41, 5.74) is 0.866. The van der Waals surface area contributed by atoms with Crippen LogP contribution in [0.2, 0.25) is 0 Å². The maximum Gasteiger partial charge on any atom is 0.270 e. The van der Waals surface area contributed by atoms with Crippen LogP contribution >= 0.6 is 0 Å². The molecule has 0 atom stereocenters. The number of carbonyl (C=O) groups is 1. The number of nitrogens with one attached hydrogen (secondary N) is 1. The summed E-state index contributed by atoms with van der Waals surface area (Å²) in [5, 5.41) is 2.72. The van der Waals surface area contributed by atoms with Crippen molar-refractivity contribution in [2.24, 2.45) is 0 Å². The van der Waals surface area contributed by atoms with Crippen molar-refractivity contribution in [1.29, 1.82) is 0 Å². The average molecular weight is 389 g/mol. The number of nitrogens with zero attached hydrogens (tertiary/aromatic N) is 2. The molecule has 2 aromatic carbocycles. The van der Waals surface area contributed by atoms with E-state index in [1.165, 1.54) is 22.7 Å². The van der Waals surface area contributed by atoms with E-state index in [-0.39, 0.29) is 17.9 Å². The molecule has 4 rings (SSSR count). The standard InChI is InChI=1S/C22H16FN3O3/c23-16-6-10-18(11-7-16)29-17-8-4-15(5-9-17)13-25-21(27)19-14-24-20-3-1-2-12-26(20)22(19)28/h1-12,14H,13H2,(H,25,27). The third-order valence-corrected chi connectivity index (χ3v) is 4.28. The van der Waals surface area contributed by atoms with Gasteiger partial charge >= 0.3 is 0 Å². The minimum absolute atomic E-state index is 0.0232. The molecule has 0 radical (unpaired) electrons. The molecule has 0 unspecified atom stereocenters. The molecule has 0 aliphatic carbocycles. The molecule has 6 nitrogen and oxygen atoms in total. The van der Waals surface area contributed by atoms with Crippen molar-refractivity contribution < 1.29 is 13.9 Å². The van der Waals surface area contributed by atoms with Gasteiger partial charge in [-0.25, -0.2) is 9.37 Å². The average Bonchev–Trinajstić information content (AvgIpc) is 2.75. The molecule has 0 aliphatic rings. The molecule has 7 heteroatoms. The molecule has 0 saturated carbocycles. The zero-order chi connectivity index (χ0) is 20.2. The second-order valence-electron chi connectivity index (χ2n) is 6.29. The number of benzene rings is 2. The first-order valence-corrected chi connectivity index (χ1v) is 8.87. The normalized spacial score (nSPS) is 10.7. The summed E-state index contributed by atoms with van der Waals surface area (Å²) in [6, 6.07) is 18.0. The largest absolute Gasteiger partial charge is 0.457 e. The van der Waals surface area contributed by atoms with Gasteiger partial charge in [-0.3, -0.25) is 14.0 Å². The highest BCUT2D eigenvalue weighted by molar-refractivity contribution is 5.93. The van der Waals surface area contributed by atoms with Crippen LogP contribution in [-0.2, 0) is 6.54 Å². The summed E-state index contributed by atoms with van der Waals surface area (Å²) in [5.74, 6) is 0.289. The Morgan fingerprint density at radius 2 is 1.69 bits per heavy atom. The van der Waals surface area contributed by atoms with Crippen molar-refractivity contribution >= 4 is 11.6 Å². The highest BCUT2D eigenvalue weighted by Gasteiger charge is 2.12. The van der Waals surface area contributed by atoms with Gasteiger partial charge in [-0.2, -0.15) is 0 Å². The summed E-state index contributed by atoms with van der Waals surface area (Å²) in [6.45, 7) is 0.243. The van der Waals surface area contributed by atoms with Crippen molar-refractivity contribution in [3.63, 3.8) is 0 Å². The van der Waals surface area contributed by atoms with E-state index in [1.54, 1.807) is 60.8 Å². The van der Waals surface area contributed by atoms with E-state index in [0.717, 1.165) is 5.56 Å². The molecule has 4 aromatic rings. The van der Waals surface area contributed by atoms with E-state index in [2.05, 4.69) is 10.3 Å². The number of hydrogen-bond acceptors (Lipinski definition) is 4. The van der Waals surface area contributed by atoms with Crippen LogP contribution in [0.15, 0.2) is 83.9 Å². The van der Waals surface area contributed by atoms with Crippen LogP contribution in [0.4, 0.5) is 4.39 Å². The Morgan fingerprint density at radius 3 is 2.41 bits per heavy atom. The molecule has 0 bridgehead atoms. The van der Waals surface area contributed by atoms with Crippen LogP contribution in [0.5, 0.6) is 11.5 Å². The molecule has 1 amide bonds. The van der Waals surface area contributed by atoms with Gasteiger partial charge in [-0.05, 0) is 54.1 Å². The summed E-state index contributed by atoms with van der Waals surface area (Å²) >= 11 is 0. The lowest BCUT2D eigenvalue weighted by Crippen LogP contribution is -2.31. The Bertz CT molecular complexity index is 1220. The van der Waals surface area contributed by atoms with Crippen LogP contribution < -0.4 is 15.6 Å². The Balaban J connectivity index is 1.41. The third-order valence-electron chi connectivity index (χ3n) is 4.28. The SMILES string of the molecule is O=C(NCc1ccc(Oc2ccc(F)cc2)cc1)c1cnc2ccccn2c1=O. The zero-order valence-corrected chi connectivity index (χ0v) is 15.2. The number of pyridine rings is 1. The lowest BCUT2D eigenvalue weighted by atomic mass is 10.2. The Hall–Kier alpha value is -4.00. The van der Waals surface area contributed by atoms with Crippen molar-refractivity contribution in [2.75, 3.05) is 0 Å². The van der Waals surface area contributed by atoms with Gasteiger partial charge < -0.3 is 10.1 Å². The van der Waals surface area contributed by atoms with Crippen LogP contribution in [-0.4, -0.2) is 15.3 Å². The number of aromatic nitrogens is 2. The number of carbonyl (C=O) groups excluding carboxylic acids is 1. The van der Waals surface area contributed by atoms with E-state index in [1.807, 2.05) is 0 Å². The van der Waals surface area contributed by atoms with Crippen molar-refractivity contribution in [3.05, 3.63) is 106 Å². The Kier molecular flexibility index (Phi) is 5.03. The number of hydrogen-bond donors (Lipinski definition) is 1. The molecular weight excluding hydrogens is 373 g/mol. The van der Waals surface area contributed by atoms with Crippen molar-refractivity contribution in [3.8, 4) is 11.5 Å². The number of rotatable bonds is 5. The van der Waals surface area contributed by atoms with E-state index in [9.17, 15) is 14.0 Å². The number of ether oxygens (including phenoxy) is 1. The van der Waals surface area contributed by atoms with Crippen LogP contribution in [0.25, 0.3) is 5.65 Å². The first kappa shape index (κ1) is 18.4. The van der Waals surface area contributed by atoms with E-state index < -0.39 is 11.5 Å². The molecular formula is C22H16FN3O3. The molecule has 0 spiro atoms. The molecule has 0 fully saturated rings. The van der Waals surface area contributed by atoms with Gasteiger partial charge in [0.2, 0.25) is 0 Å². The summed E-state index contributed by atoms with van der Waals surface area (Å²) in [7, 11) is 0. The van der Waals surface area contributed by atoms with Gasteiger partial charge in [0.05, 0.1) is 0 Å². The van der Waals surface area contributed by atoms with Gasteiger partial charge in [0.1, 0.15) is 28.5 Å². The van der Waals surface area contributed by atoms with Gasteiger partial charge in [-0.15, -0.1) is 0 Å². The lowest BCUT2D eigenvalue weighted by Gasteiger charge is -2.08. The molecule has 29 heavy (non-hydrogen) atoms. The quantitative estimate of drug-likeness (QED) is 0.567. The number of fused-ring (bicyclic) bond motifs is 1. The van der Waals surface area contributed by atoms with E-state index >= 15 is 0 Å². The van der Waals surface area contributed by atoms with Crippen LogP contribution in [0.1, 0.15) is 15.9 Å². The monoisotopic (exact) mass is 389 g/mol. The highest BCUT2D eigenvalue weighted by atomic mass is 19.1. The Labute approximate surface area is 165 Å². The summed E-state index contributed by atoms with van der Waals surface area (Å²) in [4.78, 5) is 29.0. The summed E-state index contributed by atoms with van der Waals surface area (Å²) in [6.07, 6.45) is 2.86. The van der Waals surface area contributed by atoms with Crippen LogP contribution in [0.3, 0.4) is 0 Å². The second kappa shape index (κ2) is 7.93. The maximum absolute atomic E-state index is 12.9. The lowest BCUT2D eigenvalue weighted by molar-refractivity contribution is 0.0949. The number of amides is 1. The van der Waals surface area contributed by atoms with E-state index in [0.29, 0.717) is 17.1 Å². The zero-order valence-electron chi connectivity index (χ0n) is 15.2. The Morgan fingerprint density at radius 1 is 1.00 bits per heavy atom. The first-order valence-electron chi connectivity index (χ1n) is 8.87. The fourth-order valence-electron chi connectivity index (χ4n) is 2.77. The molecule has 0 saturated heterocycles. The van der Waals surface area contributed by atoms with Gasteiger partial charge in [0, 0.05) is 18.9 Å². The predicted octanol–water partition coefficient (Wildman–Crippen LogP) is 3.56. The first-order chi connectivity index (χ1) is 14.1. The molecule has 2 aromatic heterocycles. The van der Waals surface area contributed by atoms with Crippen molar-refractivity contribution in [1.82, 2.24) is 14.7 Å². The molecule has 1 N–H and O–H groups in total. The van der Waals surface area contributed by atoms with Crippen LogP contribution in [0, 0.1) is 5.82 Å². The highest BCUT2D eigenvalue weighted by Crippen LogP contribution is 2.21.